The maximum atomic E-state index is 13.5. The highest BCUT2D eigenvalue weighted by Gasteiger charge is 2.10. The molecule has 1 heterocycles. The summed E-state index contributed by atoms with van der Waals surface area (Å²) >= 11 is 1.35. The topological polar surface area (TPSA) is 77.2 Å². The fourth-order valence-corrected chi connectivity index (χ4v) is 2.44. The molecule has 0 atom stereocenters. The van der Waals surface area contributed by atoms with E-state index in [1.165, 1.54) is 24.5 Å². The van der Waals surface area contributed by atoms with E-state index in [1.807, 2.05) is 0 Å². The van der Waals surface area contributed by atoms with Crippen molar-refractivity contribution in [2.45, 2.75) is 13.0 Å². The van der Waals surface area contributed by atoms with Gasteiger partial charge in [-0.1, -0.05) is 6.07 Å². The van der Waals surface area contributed by atoms with E-state index in [0.717, 1.165) is 10.6 Å². The zero-order chi connectivity index (χ0) is 15.2. The van der Waals surface area contributed by atoms with Crippen molar-refractivity contribution in [2.75, 3.05) is 13.7 Å². The van der Waals surface area contributed by atoms with Gasteiger partial charge in [0.1, 0.15) is 10.7 Å². The third-order valence-corrected chi connectivity index (χ3v) is 3.75. The molecule has 1 amide bonds. The van der Waals surface area contributed by atoms with Crippen LogP contribution in [0.4, 0.5) is 4.39 Å². The Kier molecular flexibility index (Phi) is 5.24. The summed E-state index contributed by atoms with van der Waals surface area (Å²) in [6.45, 7) is 0.725. The van der Waals surface area contributed by atoms with Crippen LogP contribution in [0.25, 0.3) is 0 Å². The van der Waals surface area contributed by atoms with Gasteiger partial charge in [0.2, 0.25) is 0 Å². The number of carbonyl (C=O) groups is 1. The zero-order valence-corrected chi connectivity index (χ0v) is 12.4. The van der Waals surface area contributed by atoms with Crippen LogP contribution in [0.2, 0.25) is 0 Å². The summed E-state index contributed by atoms with van der Waals surface area (Å²) in [5.41, 5.74) is 6.60. The average Bonchev–Trinajstić information content (AvgIpc) is 2.96. The maximum Gasteiger partial charge on any atom is 0.270 e. The van der Waals surface area contributed by atoms with Crippen molar-refractivity contribution in [1.82, 2.24) is 10.3 Å². The van der Waals surface area contributed by atoms with E-state index in [2.05, 4.69) is 10.3 Å². The lowest BCUT2D eigenvalue weighted by molar-refractivity contribution is 0.0949. The fraction of sp³-hybridized carbons (Fsp3) is 0.286. The van der Waals surface area contributed by atoms with Crippen LogP contribution >= 0.6 is 11.3 Å². The standard InChI is InChI=1S/C14H16FN3O2S/c1-20-12-3-2-9(6-10(12)15)4-5-17-14(19)11-8-21-13(7-16)18-11/h2-3,6,8H,4-5,7,16H2,1H3,(H,17,19). The molecule has 7 heteroatoms. The van der Waals surface area contributed by atoms with Crippen LogP contribution in [0.1, 0.15) is 21.1 Å². The summed E-state index contributed by atoms with van der Waals surface area (Å²) in [4.78, 5) is 15.9. The van der Waals surface area contributed by atoms with Gasteiger partial charge in [-0.05, 0) is 24.1 Å². The molecule has 3 N–H and O–H groups in total. The Morgan fingerprint density at radius 1 is 1.52 bits per heavy atom. The molecule has 2 rings (SSSR count). The number of rotatable bonds is 6. The molecular weight excluding hydrogens is 293 g/mol. The third kappa shape index (κ3) is 3.99. The molecular formula is C14H16FN3O2S. The van der Waals surface area contributed by atoms with E-state index in [9.17, 15) is 9.18 Å². The summed E-state index contributed by atoms with van der Waals surface area (Å²) in [7, 11) is 1.42. The number of nitrogens with two attached hydrogens (primary N) is 1. The second kappa shape index (κ2) is 7.14. The number of nitrogens with zero attached hydrogens (tertiary/aromatic N) is 1. The van der Waals surface area contributed by atoms with Crippen molar-refractivity contribution < 1.29 is 13.9 Å². The summed E-state index contributed by atoms with van der Waals surface area (Å²) < 4.78 is 18.4. The highest BCUT2D eigenvalue weighted by atomic mass is 32.1. The molecule has 0 unspecified atom stereocenters. The Morgan fingerprint density at radius 2 is 2.33 bits per heavy atom. The number of nitrogens with one attached hydrogen (secondary N) is 1. The monoisotopic (exact) mass is 309 g/mol. The number of thiazole rings is 1. The first-order valence-corrected chi connectivity index (χ1v) is 7.27. The van der Waals surface area contributed by atoms with Crippen molar-refractivity contribution in [1.29, 1.82) is 0 Å². The Labute approximate surface area is 126 Å². The molecule has 2 aromatic rings. The normalized spacial score (nSPS) is 10.4. The minimum atomic E-state index is -0.409. The Bertz CT molecular complexity index is 630. The molecule has 112 valence electrons. The second-order valence-electron chi connectivity index (χ2n) is 4.31. The minimum absolute atomic E-state index is 0.208. The number of ether oxygens (including phenoxy) is 1. The molecule has 0 radical (unpaired) electrons. The summed E-state index contributed by atoms with van der Waals surface area (Å²) in [6, 6.07) is 4.74. The van der Waals surface area contributed by atoms with Gasteiger partial charge in [-0.25, -0.2) is 9.37 Å². The molecule has 0 bridgehead atoms. The lowest BCUT2D eigenvalue weighted by Crippen LogP contribution is -2.26. The van der Waals surface area contributed by atoms with E-state index < -0.39 is 5.82 Å². The molecule has 0 saturated carbocycles. The van der Waals surface area contributed by atoms with E-state index in [4.69, 9.17) is 10.5 Å². The predicted molar refractivity (Wildman–Crippen MR) is 79.0 cm³/mol. The number of methoxy groups -OCH3 is 1. The van der Waals surface area contributed by atoms with Crippen molar-refractivity contribution >= 4 is 17.2 Å². The zero-order valence-electron chi connectivity index (χ0n) is 11.6. The molecule has 0 aliphatic rings. The number of aromatic nitrogens is 1. The first kappa shape index (κ1) is 15.4. The first-order chi connectivity index (χ1) is 10.1. The van der Waals surface area contributed by atoms with Crippen LogP contribution in [0, 0.1) is 5.82 Å². The number of carbonyl (C=O) groups excluding carboxylic acids is 1. The Hall–Kier alpha value is -1.99. The van der Waals surface area contributed by atoms with Gasteiger partial charge in [0.15, 0.2) is 11.6 Å². The number of hydrogen-bond acceptors (Lipinski definition) is 5. The van der Waals surface area contributed by atoms with Gasteiger partial charge < -0.3 is 15.8 Å². The van der Waals surface area contributed by atoms with Crippen molar-refractivity contribution in [3.63, 3.8) is 0 Å². The minimum Gasteiger partial charge on any atom is -0.494 e. The second-order valence-corrected chi connectivity index (χ2v) is 5.25. The molecule has 21 heavy (non-hydrogen) atoms. The molecule has 5 nitrogen and oxygen atoms in total. The lowest BCUT2D eigenvalue weighted by atomic mass is 10.1. The van der Waals surface area contributed by atoms with Gasteiger partial charge in [0.05, 0.1) is 7.11 Å². The highest BCUT2D eigenvalue weighted by molar-refractivity contribution is 7.09. The van der Waals surface area contributed by atoms with E-state index >= 15 is 0 Å². The van der Waals surface area contributed by atoms with Gasteiger partial charge in [-0.3, -0.25) is 4.79 Å². The number of amides is 1. The number of benzene rings is 1. The van der Waals surface area contributed by atoms with Gasteiger partial charge >= 0.3 is 0 Å². The van der Waals surface area contributed by atoms with Crippen molar-refractivity contribution in [2.24, 2.45) is 5.73 Å². The first-order valence-electron chi connectivity index (χ1n) is 6.39. The summed E-state index contributed by atoms with van der Waals surface area (Å²) in [5.74, 6) is -0.451. The van der Waals surface area contributed by atoms with Crippen molar-refractivity contribution in [3.8, 4) is 5.75 Å². The lowest BCUT2D eigenvalue weighted by Gasteiger charge is -2.06. The smallest absolute Gasteiger partial charge is 0.270 e. The third-order valence-electron chi connectivity index (χ3n) is 2.87. The molecule has 0 fully saturated rings. The largest absolute Gasteiger partial charge is 0.494 e. The van der Waals surface area contributed by atoms with Crippen LogP contribution < -0.4 is 15.8 Å². The van der Waals surface area contributed by atoms with Gasteiger partial charge in [-0.15, -0.1) is 11.3 Å². The SMILES string of the molecule is COc1ccc(CCNC(=O)c2csc(CN)n2)cc1F. The number of halogens is 1. The summed E-state index contributed by atoms with van der Waals surface area (Å²) in [6.07, 6.45) is 0.528. The maximum absolute atomic E-state index is 13.5. The van der Waals surface area contributed by atoms with E-state index in [0.29, 0.717) is 25.2 Å². The Balaban J connectivity index is 1.86. The van der Waals surface area contributed by atoms with Crippen LogP contribution in [0.3, 0.4) is 0 Å². The molecule has 1 aromatic heterocycles. The quantitative estimate of drug-likeness (QED) is 0.852. The molecule has 0 saturated heterocycles. The fourth-order valence-electron chi connectivity index (χ4n) is 1.79. The van der Waals surface area contributed by atoms with E-state index in [-0.39, 0.29) is 11.7 Å². The van der Waals surface area contributed by atoms with Crippen LogP contribution in [-0.2, 0) is 13.0 Å². The Morgan fingerprint density at radius 3 is 2.95 bits per heavy atom. The molecule has 0 aliphatic heterocycles. The van der Waals surface area contributed by atoms with Crippen molar-refractivity contribution in [3.05, 3.63) is 45.7 Å². The van der Waals surface area contributed by atoms with Gasteiger partial charge in [0, 0.05) is 18.5 Å². The molecule has 0 aliphatic carbocycles. The van der Waals surface area contributed by atoms with Crippen LogP contribution in [0.5, 0.6) is 5.75 Å². The summed E-state index contributed by atoms with van der Waals surface area (Å²) in [5, 5.41) is 5.13. The van der Waals surface area contributed by atoms with Crippen LogP contribution in [0.15, 0.2) is 23.6 Å². The molecule has 1 aromatic carbocycles. The van der Waals surface area contributed by atoms with Gasteiger partial charge in [-0.2, -0.15) is 0 Å². The number of hydrogen-bond donors (Lipinski definition) is 2. The highest BCUT2D eigenvalue weighted by Crippen LogP contribution is 2.17. The van der Waals surface area contributed by atoms with Gasteiger partial charge in [0.25, 0.3) is 5.91 Å². The predicted octanol–water partition coefficient (Wildman–Crippen LogP) is 1.72. The average molecular weight is 309 g/mol. The van der Waals surface area contributed by atoms with E-state index in [1.54, 1.807) is 17.5 Å². The van der Waals surface area contributed by atoms with Crippen LogP contribution in [-0.4, -0.2) is 24.5 Å². The molecule has 0 spiro atoms.